The smallest absolute Gasteiger partial charge is 0.122 e. The third kappa shape index (κ3) is 2.32. The van der Waals surface area contributed by atoms with Gasteiger partial charge in [0.1, 0.15) is 11.5 Å². The summed E-state index contributed by atoms with van der Waals surface area (Å²) in [5, 5.41) is 0. The molecule has 3 heteroatoms. The lowest BCUT2D eigenvalue weighted by molar-refractivity contribution is 0.397. The van der Waals surface area contributed by atoms with Gasteiger partial charge in [-0.3, -0.25) is 0 Å². The van der Waals surface area contributed by atoms with Gasteiger partial charge in [-0.05, 0) is 36.6 Å². The molecule has 0 saturated carbocycles. The maximum absolute atomic E-state index is 5.70. The minimum absolute atomic E-state index is 0.586. The monoisotopic (exact) mass is 214 g/mol. The maximum atomic E-state index is 5.70. The molecule has 0 aliphatic rings. The summed E-state index contributed by atoms with van der Waals surface area (Å²) < 4.78 is 10.5. The predicted molar refractivity (Wildman–Crippen MR) is 58.7 cm³/mol. The van der Waals surface area contributed by atoms with E-state index in [9.17, 15) is 0 Å². The zero-order valence-corrected chi connectivity index (χ0v) is 9.52. The van der Waals surface area contributed by atoms with E-state index in [4.69, 9.17) is 21.1 Å². The zero-order valence-electron chi connectivity index (χ0n) is 8.76. The Kier molecular flexibility index (Phi) is 4.08. The summed E-state index contributed by atoms with van der Waals surface area (Å²) in [6, 6.07) is 3.96. The van der Waals surface area contributed by atoms with Crippen molar-refractivity contribution >= 4 is 11.6 Å². The molecule has 0 radical (unpaired) electrons. The lowest BCUT2D eigenvalue weighted by atomic mass is 10.1. The van der Waals surface area contributed by atoms with Crippen molar-refractivity contribution in [2.45, 2.75) is 13.3 Å². The molecule has 0 aliphatic carbocycles. The van der Waals surface area contributed by atoms with Gasteiger partial charge in [-0.15, -0.1) is 11.6 Å². The fraction of sp³-hybridized carbons (Fsp3) is 0.455. The molecule has 1 rings (SSSR count). The second-order valence-corrected chi connectivity index (χ2v) is 3.45. The molecule has 0 aliphatic heterocycles. The molecule has 0 spiro atoms. The Labute approximate surface area is 89.8 Å². The predicted octanol–water partition coefficient (Wildman–Crippen LogP) is 2.79. The Bertz CT molecular complexity index is 310. The van der Waals surface area contributed by atoms with Gasteiger partial charge < -0.3 is 9.47 Å². The largest absolute Gasteiger partial charge is 0.496 e. The van der Waals surface area contributed by atoms with Crippen LogP contribution in [0.3, 0.4) is 0 Å². The first-order valence-corrected chi connectivity index (χ1v) is 5.03. The second kappa shape index (κ2) is 5.11. The minimum atomic E-state index is 0.586. The fourth-order valence-electron chi connectivity index (χ4n) is 1.41. The van der Waals surface area contributed by atoms with Gasteiger partial charge in [0.15, 0.2) is 0 Å². The van der Waals surface area contributed by atoms with E-state index in [1.807, 2.05) is 19.1 Å². The number of alkyl halides is 1. The lowest BCUT2D eigenvalue weighted by Gasteiger charge is -2.11. The third-order valence-corrected chi connectivity index (χ3v) is 2.35. The highest BCUT2D eigenvalue weighted by atomic mass is 35.5. The van der Waals surface area contributed by atoms with Crippen molar-refractivity contribution in [2.75, 3.05) is 20.1 Å². The van der Waals surface area contributed by atoms with Crippen molar-refractivity contribution in [3.05, 3.63) is 23.3 Å². The van der Waals surface area contributed by atoms with E-state index in [0.717, 1.165) is 29.0 Å². The number of hydrogen-bond donors (Lipinski definition) is 0. The standard InChI is InChI=1S/C11H15ClO2/c1-8-6-11(14-3)9(4-5-12)7-10(8)13-2/h6-7H,4-5H2,1-3H3. The lowest BCUT2D eigenvalue weighted by Crippen LogP contribution is -1.96. The van der Waals surface area contributed by atoms with E-state index >= 15 is 0 Å². The van der Waals surface area contributed by atoms with Crippen LogP contribution in [0.4, 0.5) is 0 Å². The Morgan fingerprint density at radius 3 is 2.29 bits per heavy atom. The molecule has 14 heavy (non-hydrogen) atoms. The number of aryl methyl sites for hydroxylation is 2. The van der Waals surface area contributed by atoms with E-state index in [-0.39, 0.29) is 0 Å². The van der Waals surface area contributed by atoms with Crippen molar-refractivity contribution in [1.82, 2.24) is 0 Å². The van der Waals surface area contributed by atoms with Crippen LogP contribution in [0.25, 0.3) is 0 Å². The SMILES string of the molecule is COc1cc(CCCl)c(OC)cc1C. The topological polar surface area (TPSA) is 18.5 Å². The first-order valence-electron chi connectivity index (χ1n) is 4.50. The molecule has 0 aromatic heterocycles. The van der Waals surface area contributed by atoms with Crippen molar-refractivity contribution in [2.24, 2.45) is 0 Å². The van der Waals surface area contributed by atoms with Gasteiger partial charge in [-0.1, -0.05) is 0 Å². The Balaban J connectivity index is 3.11. The first kappa shape index (κ1) is 11.2. The normalized spacial score (nSPS) is 10.0. The summed E-state index contributed by atoms with van der Waals surface area (Å²) in [5.41, 5.74) is 2.16. The van der Waals surface area contributed by atoms with Crippen LogP contribution >= 0.6 is 11.6 Å². The Morgan fingerprint density at radius 1 is 1.14 bits per heavy atom. The minimum Gasteiger partial charge on any atom is -0.496 e. The molecule has 0 saturated heterocycles. The van der Waals surface area contributed by atoms with Crippen LogP contribution in [0.1, 0.15) is 11.1 Å². The van der Waals surface area contributed by atoms with Gasteiger partial charge in [0.2, 0.25) is 0 Å². The second-order valence-electron chi connectivity index (χ2n) is 3.07. The van der Waals surface area contributed by atoms with Crippen LogP contribution in [-0.2, 0) is 6.42 Å². The number of rotatable bonds is 4. The Hall–Kier alpha value is -0.890. The van der Waals surface area contributed by atoms with Crippen LogP contribution in [0, 0.1) is 6.92 Å². The fourth-order valence-corrected chi connectivity index (χ4v) is 1.61. The highest BCUT2D eigenvalue weighted by Gasteiger charge is 2.07. The average molecular weight is 215 g/mol. The quantitative estimate of drug-likeness (QED) is 0.718. The molecular formula is C11H15ClO2. The van der Waals surface area contributed by atoms with Gasteiger partial charge >= 0.3 is 0 Å². The van der Waals surface area contributed by atoms with Crippen molar-refractivity contribution in [1.29, 1.82) is 0 Å². The zero-order chi connectivity index (χ0) is 10.6. The van der Waals surface area contributed by atoms with Crippen LogP contribution in [0.2, 0.25) is 0 Å². The summed E-state index contributed by atoms with van der Waals surface area (Å²) in [5.74, 6) is 2.35. The molecule has 0 N–H and O–H groups in total. The molecular weight excluding hydrogens is 200 g/mol. The molecule has 0 unspecified atom stereocenters. The summed E-state index contributed by atoms with van der Waals surface area (Å²) in [4.78, 5) is 0. The molecule has 0 bridgehead atoms. The first-order chi connectivity index (χ1) is 6.72. The summed E-state index contributed by atoms with van der Waals surface area (Å²) in [7, 11) is 3.33. The van der Waals surface area contributed by atoms with E-state index < -0.39 is 0 Å². The van der Waals surface area contributed by atoms with E-state index in [0.29, 0.717) is 5.88 Å². The van der Waals surface area contributed by atoms with Crippen molar-refractivity contribution in [3.8, 4) is 11.5 Å². The van der Waals surface area contributed by atoms with E-state index in [1.54, 1.807) is 14.2 Å². The van der Waals surface area contributed by atoms with Gasteiger partial charge in [-0.2, -0.15) is 0 Å². The van der Waals surface area contributed by atoms with Crippen LogP contribution in [-0.4, -0.2) is 20.1 Å². The molecule has 1 aromatic rings. The number of methoxy groups -OCH3 is 2. The molecule has 0 heterocycles. The van der Waals surface area contributed by atoms with Gasteiger partial charge in [0.05, 0.1) is 14.2 Å². The van der Waals surface area contributed by atoms with Gasteiger partial charge in [0.25, 0.3) is 0 Å². The Morgan fingerprint density at radius 2 is 1.79 bits per heavy atom. The molecule has 2 nitrogen and oxygen atoms in total. The van der Waals surface area contributed by atoms with Gasteiger partial charge in [0, 0.05) is 5.88 Å². The highest BCUT2D eigenvalue weighted by Crippen LogP contribution is 2.28. The number of benzene rings is 1. The van der Waals surface area contributed by atoms with Crippen LogP contribution in [0.5, 0.6) is 11.5 Å². The number of hydrogen-bond acceptors (Lipinski definition) is 2. The van der Waals surface area contributed by atoms with Gasteiger partial charge in [-0.25, -0.2) is 0 Å². The molecule has 0 amide bonds. The molecule has 0 atom stereocenters. The third-order valence-electron chi connectivity index (χ3n) is 2.16. The summed E-state index contributed by atoms with van der Waals surface area (Å²) in [6.07, 6.45) is 0.793. The number of halogens is 1. The highest BCUT2D eigenvalue weighted by molar-refractivity contribution is 6.18. The summed E-state index contributed by atoms with van der Waals surface area (Å²) >= 11 is 5.70. The molecule has 0 fully saturated rings. The van der Waals surface area contributed by atoms with E-state index in [1.165, 1.54) is 0 Å². The maximum Gasteiger partial charge on any atom is 0.122 e. The van der Waals surface area contributed by atoms with E-state index in [2.05, 4.69) is 0 Å². The average Bonchev–Trinajstić information content (AvgIpc) is 2.20. The number of ether oxygens (including phenoxy) is 2. The summed E-state index contributed by atoms with van der Waals surface area (Å²) in [6.45, 7) is 1.99. The molecule has 1 aromatic carbocycles. The van der Waals surface area contributed by atoms with Crippen LogP contribution in [0.15, 0.2) is 12.1 Å². The van der Waals surface area contributed by atoms with Crippen molar-refractivity contribution in [3.63, 3.8) is 0 Å². The van der Waals surface area contributed by atoms with Crippen molar-refractivity contribution < 1.29 is 9.47 Å². The van der Waals surface area contributed by atoms with Crippen LogP contribution < -0.4 is 9.47 Å². The molecule has 78 valence electrons.